The van der Waals surface area contributed by atoms with Crippen molar-refractivity contribution >= 4 is 25.9 Å². The first-order valence-electron chi connectivity index (χ1n) is 18.1. The SMILES string of the molecule is Cc1ccc(S(=O)(=O)N2C(/C=C3\N[C@H](c4ccccc4)[C@@H](c4ccccc4)N3S(=O)(=O)c3ccc(C)cc3)=N[C@H](c3ccccc3)[C@H]2c2ccccc2)cc1. The van der Waals surface area contributed by atoms with Crippen molar-refractivity contribution in [2.75, 3.05) is 0 Å². The second-order valence-corrected chi connectivity index (χ2v) is 17.5. The van der Waals surface area contributed by atoms with Gasteiger partial charge in [0.1, 0.15) is 17.7 Å². The number of aryl methyl sites for hydroxylation is 2. The summed E-state index contributed by atoms with van der Waals surface area (Å²) in [7, 11) is -8.51. The first-order chi connectivity index (χ1) is 26.6. The van der Waals surface area contributed by atoms with Gasteiger partial charge in [0.2, 0.25) is 0 Å². The number of rotatable bonds is 9. The minimum atomic E-state index is -4.26. The van der Waals surface area contributed by atoms with Crippen LogP contribution in [0, 0.1) is 13.8 Å². The van der Waals surface area contributed by atoms with Gasteiger partial charge in [-0.25, -0.2) is 25.4 Å². The molecule has 55 heavy (non-hydrogen) atoms. The van der Waals surface area contributed by atoms with E-state index in [9.17, 15) is 0 Å². The summed E-state index contributed by atoms with van der Waals surface area (Å²) in [4.78, 5) is 5.41. The molecular formula is C45H40N4O4S2. The van der Waals surface area contributed by atoms with Crippen LogP contribution in [-0.2, 0) is 20.0 Å². The van der Waals surface area contributed by atoms with Crippen LogP contribution in [-0.4, -0.2) is 31.3 Å². The van der Waals surface area contributed by atoms with E-state index >= 15 is 16.8 Å². The number of hydrogen-bond acceptors (Lipinski definition) is 6. The third kappa shape index (κ3) is 6.83. The molecule has 2 aliphatic rings. The quantitative estimate of drug-likeness (QED) is 0.159. The Balaban J connectivity index is 1.38. The second-order valence-electron chi connectivity index (χ2n) is 13.8. The molecular weight excluding hydrogens is 725 g/mol. The number of nitrogens with one attached hydrogen (secondary N) is 1. The molecule has 0 radical (unpaired) electrons. The van der Waals surface area contributed by atoms with E-state index < -0.39 is 44.2 Å². The van der Waals surface area contributed by atoms with Crippen LogP contribution in [0.25, 0.3) is 0 Å². The van der Waals surface area contributed by atoms with Gasteiger partial charge >= 0.3 is 0 Å². The number of amidine groups is 1. The highest BCUT2D eigenvalue weighted by Crippen LogP contribution is 2.48. The van der Waals surface area contributed by atoms with Gasteiger partial charge in [-0.1, -0.05) is 157 Å². The zero-order valence-electron chi connectivity index (χ0n) is 30.3. The maximum absolute atomic E-state index is 15.1. The third-order valence-corrected chi connectivity index (χ3v) is 13.8. The van der Waals surface area contributed by atoms with Crippen molar-refractivity contribution in [2.24, 2.45) is 4.99 Å². The molecule has 1 N–H and O–H groups in total. The Bertz CT molecular complexity index is 2570. The van der Waals surface area contributed by atoms with Crippen molar-refractivity contribution < 1.29 is 16.8 Å². The van der Waals surface area contributed by atoms with Gasteiger partial charge in [0, 0.05) is 6.08 Å². The molecule has 276 valence electrons. The zero-order valence-corrected chi connectivity index (χ0v) is 32.0. The Morgan fingerprint density at radius 3 is 1.36 bits per heavy atom. The number of hydrogen-bond donors (Lipinski definition) is 1. The Kier molecular flexibility index (Phi) is 9.63. The largest absolute Gasteiger partial charge is 0.362 e. The molecule has 4 atom stereocenters. The lowest BCUT2D eigenvalue weighted by atomic mass is 9.95. The highest BCUT2D eigenvalue weighted by Gasteiger charge is 2.49. The average Bonchev–Trinajstić information content (AvgIpc) is 3.80. The van der Waals surface area contributed by atoms with Gasteiger partial charge in [-0.05, 0) is 60.4 Å². The minimum absolute atomic E-state index is 0.103. The summed E-state index contributed by atoms with van der Waals surface area (Å²) < 4.78 is 63.0. The fraction of sp³-hybridized carbons (Fsp3) is 0.133. The highest BCUT2D eigenvalue weighted by atomic mass is 32.2. The van der Waals surface area contributed by atoms with E-state index in [1.54, 1.807) is 54.6 Å². The number of nitrogens with zero attached hydrogens (tertiary/aromatic N) is 3. The summed E-state index contributed by atoms with van der Waals surface area (Å²) in [5, 5.41) is 3.55. The summed E-state index contributed by atoms with van der Waals surface area (Å²) >= 11 is 0. The minimum Gasteiger partial charge on any atom is -0.362 e. The van der Waals surface area contributed by atoms with E-state index in [0.29, 0.717) is 0 Å². The van der Waals surface area contributed by atoms with E-state index in [0.717, 1.165) is 33.4 Å². The van der Waals surface area contributed by atoms with Crippen molar-refractivity contribution in [2.45, 2.75) is 47.8 Å². The number of benzene rings is 6. The second kappa shape index (κ2) is 14.7. The smallest absolute Gasteiger partial charge is 0.266 e. The van der Waals surface area contributed by atoms with Crippen molar-refractivity contribution in [3.63, 3.8) is 0 Å². The van der Waals surface area contributed by atoms with Crippen LogP contribution >= 0.6 is 0 Å². The Labute approximate surface area is 323 Å². The van der Waals surface area contributed by atoms with Crippen molar-refractivity contribution in [1.29, 1.82) is 0 Å². The first kappa shape index (κ1) is 36.0. The molecule has 8 rings (SSSR count). The molecule has 0 aliphatic carbocycles. The summed E-state index contributed by atoms with van der Waals surface area (Å²) in [6.45, 7) is 3.81. The van der Waals surface area contributed by atoms with Gasteiger partial charge < -0.3 is 5.32 Å². The number of sulfonamides is 2. The first-order valence-corrected chi connectivity index (χ1v) is 21.0. The molecule has 0 unspecified atom stereocenters. The average molecular weight is 765 g/mol. The van der Waals surface area contributed by atoms with Crippen LogP contribution in [0.4, 0.5) is 0 Å². The Hall–Kier alpha value is -5.97. The molecule has 6 aromatic carbocycles. The van der Waals surface area contributed by atoms with Crippen LogP contribution in [0.3, 0.4) is 0 Å². The molecule has 1 saturated heterocycles. The molecule has 10 heteroatoms. The third-order valence-electron chi connectivity index (χ3n) is 10.2. The molecule has 0 amide bonds. The molecule has 1 fully saturated rings. The number of aliphatic imine (C=N–C) groups is 1. The predicted molar refractivity (Wildman–Crippen MR) is 216 cm³/mol. The summed E-state index contributed by atoms with van der Waals surface area (Å²) in [5.41, 5.74) is 5.05. The molecule has 0 saturated carbocycles. The van der Waals surface area contributed by atoms with Crippen molar-refractivity contribution in [1.82, 2.24) is 13.9 Å². The topological polar surface area (TPSA) is 99.1 Å². The van der Waals surface area contributed by atoms with Crippen molar-refractivity contribution in [3.05, 3.63) is 215 Å². The molecule has 6 aromatic rings. The van der Waals surface area contributed by atoms with Gasteiger partial charge in [-0.15, -0.1) is 0 Å². The van der Waals surface area contributed by atoms with Crippen LogP contribution < -0.4 is 5.32 Å². The van der Waals surface area contributed by atoms with Gasteiger partial charge in [0.05, 0.1) is 27.9 Å². The van der Waals surface area contributed by atoms with Gasteiger partial charge in [0.15, 0.2) is 0 Å². The summed E-state index contributed by atoms with van der Waals surface area (Å²) in [6.07, 6.45) is 1.59. The molecule has 2 heterocycles. The Morgan fingerprint density at radius 1 is 0.491 bits per heavy atom. The van der Waals surface area contributed by atoms with Gasteiger partial charge in [0.25, 0.3) is 20.0 Å². The zero-order chi connectivity index (χ0) is 38.2. The van der Waals surface area contributed by atoms with E-state index in [4.69, 9.17) is 4.99 Å². The van der Waals surface area contributed by atoms with E-state index in [1.165, 1.54) is 8.61 Å². The van der Waals surface area contributed by atoms with Crippen LogP contribution in [0.15, 0.2) is 197 Å². The van der Waals surface area contributed by atoms with Gasteiger partial charge in [-0.3, -0.25) is 4.99 Å². The molecule has 0 spiro atoms. The van der Waals surface area contributed by atoms with E-state index in [1.807, 2.05) is 135 Å². The fourth-order valence-corrected chi connectivity index (χ4v) is 10.6. The lowest BCUT2D eigenvalue weighted by molar-refractivity contribution is 0.404. The Morgan fingerprint density at radius 2 is 0.891 bits per heavy atom. The highest BCUT2D eigenvalue weighted by molar-refractivity contribution is 7.90. The lowest BCUT2D eigenvalue weighted by Gasteiger charge is -2.31. The maximum atomic E-state index is 15.1. The molecule has 8 nitrogen and oxygen atoms in total. The van der Waals surface area contributed by atoms with Crippen LogP contribution in [0.5, 0.6) is 0 Å². The van der Waals surface area contributed by atoms with E-state index in [-0.39, 0.29) is 21.4 Å². The molecule has 2 aliphatic heterocycles. The molecule has 0 bridgehead atoms. The maximum Gasteiger partial charge on any atom is 0.266 e. The summed E-state index contributed by atoms with van der Waals surface area (Å²) in [6, 6.07) is 49.1. The van der Waals surface area contributed by atoms with Crippen LogP contribution in [0.2, 0.25) is 0 Å². The molecule has 0 aromatic heterocycles. The predicted octanol–water partition coefficient (Wildman–Crippen LogP) is 8.81. The summed E-state index contributed by atoms with van der Waals surface area (Å²) in [5.74, 6) is 0.307. The fourth-order valence-electron chi connectivity index (χ4n) is 7.43. The van der Waals surface area contributed by atoms with Crippen LogP contribution in [0.1, 0.15) is 57.5 Å². The van der Waals surface area contributed by atoms with E-state index in [2.05, 4.69) is 5.32 Å². The lowest BCUT2D eigenvalue weighted by Crippen LogP contribution is -2.38. The van der Waals surface area contributed by atoms with Gasteiger partial charge in [-0.2, -0.15) is 0 Å². The van der Waals surface area contributed by atoms with Crippen molar-refractivity contribution in [3.8, 4) is 0 Å². The standard InChI is InChI=1S/C45H40N4O4S2/c1-32-23-27-38(28-24-32)54(50,51)48-40(46-42(34-15-7-3-8-16-34)44(48)36-19-11-5-12-20-36)31-41-47-43(35-17-9-4-10-18-35)45(37-21-13-6-14-22-37)49(41)55(52,53)39-29-25-33(2)26-30-39/h3-31,42-46H,1-2H3/b40-31+/t42-,43-,44-,45-/m1/s1. The monoisotopic (exact) mass is 764 g/mol. The normalized spacial score (nSPS) is 20.7.